The van der Waals surface area contributed by atoms with Gasteiger partial charge < -0.3 is 5.32 Å². The number of hydrogen-bond acceptors (Lipinski definition) is 4. The summed E-state index contributed by atoms with van der Waals surface area (Å²) in [5, 5.41) is 13.3. The van der Waals surface area contributed by atoms with E-state index < -0.39 is 0 Å². The van der Waals surface area contributed by atoms with Crippen LogP contribution in [0.2, 0.25) is 0 Å². The Balaban J connectivity index is 1.53. The number of fused-ring (bicyclic) bond motifs is 3. The van der Waals surface area contributed by atoms with Crippen molar-refractivity contribution in [3.63, 3.8) is 0 Å². The van der Waals surface area contributed by atoms with Gasteiger partial charge in [0.2, 0.25) is 0 Å². The van der Waals surface area contributed by atoms with E-state index in [1.165, 1.54) is 0 Å². The van der Waals surface area contributed by atoms with Gasteiger partial charge in [0.15, 0.2) is 5.69 Å². The second kappa shape index (κ2) is 5.89. The van der Waals surface area contributed by atoms with Gasteiger partial charge in [-0.1, -0.05) is 18.2 Å². The lowest BCUT2D eigenvalue weighted by Gasteiger charge is -2.45. The number of nitrogens with one attached hydrogen (secondary N) is 1. The minimum atomic E-state index is -0.137. The van der Waals surface area contributed by atoms with E-state index in [2.05, 4.69) is 15.7 Å². The van der Waals surface area contributed by atoms with Crippen molar-refractivity contribution in [1.82, 2.24) is 20.1 Å². The second-order valence-corrected chi connectivity index (χ2v) is 6.83. The average molecular weight is 327 g/mol. The number of para-hydroxylation sites is 1. The first-order valence-corrected chi connectivity index (χ1v) is 8.51. The molecule has 2 bridgehead atoms. The highest BCUT2D eigenvalue weighted by Crippen LogP contribution is 2.34. The van der Waals surface area contributed by atoms with E-state index in [4.69, 9.17) is 0 Å². The summed E-state index contributed by atoms with van der Waals surface area (Å²) in [6.45, 7) is 0. The number of carbonyl (C=O) groups is 1. The fourth-order valence-corrected chi connectivity index (χ4v) is 4.24. The number of carbonyl (C=O) groups excluding carboxylic acids is 1. The summed E-state index contributed by atoms with van der Waals surface area (Å²) in [7, 11) is 1.84. The standard InChI is InChI=1S/C17H21N5O2/c1-21-15-8-3-2-7-14(15)16(19-21)17(23)18-11-9-12-5-4-6-13(10-11)22(12)20-24/h2-3,7-8,11-13H,4-6,9-10H2,1H3,(H,18,23)/t11?,12-,13+. The molecule has 2 aliphatic rings. The van der Waals surface area contributed by atoms with Gasteiger partial charge in [-0.2, -0.15) is 5.10 Å². The Morgan fingerprint density at radius 2 is 1.96 bits per heavy atom. The Bertz CT molecular complexity index is 772. The van der Waals surface area contributed by atoms with E-state index in [0.717, 1.165) is 43.0 Å². The van der Waals surface area contributed by atoms with Gasteiger partial charge in [-0.3, -0.25) is 14.5 Å². The first-order chi connectivity index (χ1) is 11.7. The molecule has 24 heavy (non-hydrogen) atoms. The molecule has 126 valence electrons. The Hall–Kier alpha value is -2.44. The van der Waals surface area contributed by atoms with Crippen molar-refractivity contribution >= 4 is 16.8 Å². The van der Waals surface area contributed by atoms with Crippen molar-refractivity contribution in [3.8, 4) is 0 Å². The molecule has 0 radical (unpaired) electrons. The number of benzene rings is 1. The Morgan fingerprint density at radius 3 is 2.67 bits per heavy atom. The number of rotatable bonds is 3. The maximum absolute atomic E-state index is 12.7. The van der Waals surface area contributed by atoms with Gasteiger partial charge >= 0.3 is 0 Å². The summed E-state index contributed by atoms with van der Waals surface area (Å²) in [5.74, 6) is -0.137. The van der Waals surface area contributed by atoms with E-state index in [0.29, 0.717) is 5.69 Å². The van der Waals surface area contributed by atoms with Gasteiger partial charge in [0.05, 0.1) is 22.9 Å². The summed E-state index contributed by atoms with van der Waals surface area (Å²) in [4.78, 5) is 23.8. The zero-order valence-corrected chi connectivity index (χ0v) is 13.7. The van der Waals surface area contributed by atoms with Crippen molar-refractivity contribution in [1.29, 1.82) is 0 Å². The normalized spacial score (nSPS) is 26.4. The zero-order chi connectivity index (χ0) is 16.7. The largest absolute Gasteiger partial charge is 0.348 e. The average Bonchev–Trinajstić information content (AvgIpc) is 2.91. The highest BCUT2D eigenvalue weighted by Gasteiger charge is 2.39. The van der Waals surface area contributed by atoms with Crippen LogP contribution in [0.4, 0.5) is 0 Å². The Kier molecular flexibility index (Phi) is 3.70. The maximum atomic E-state index is 12.7. The summed E-state index contributed by atoms with van der Waals surface area (Å²) in [5.41, 5.74) is 1.41. The monoisotopic (exact) mass is 327 g/mol. The first kappa shape index (κ1) is 15.1. The Morgan fingerprint density at radius 1 is 1.25 bits per heavy atom. The van der Waals surface area contributed by atoms with Crippen LogP contribution in [0.1, 0.15) is 42.6 Å². The van der Waals surface area contributed by atoms with Crippen LogP contribution in [-0.2, 0) is 7.05 Å². The van der Waals surface area contributed by atoms with E-state index in [9.17, 15) is 9.70 Å². The van der Waals surface area contributed by atoms with Crippen molar-refractivity contribution in [2.75, 3.05) is 0 Å². The highest BCUT2D eigenvalue weighted by atomic mass is 16.3. The summed E-state index contributed by atoms with van der Waals surface area (Å²) >= 11 is 0. The molecule has 3 atom stereocenters. The van der Waals surface area contributed by atoms with E-state index in [-0.39, 0.29) is 24.0 Å². The van der Waals surface area contributed by atoms with Gasteiger partial charge in [-0.15, -0.1) is 4.91 Å². The number of amides is 1. The van der Waals surface area contributed by atoms with Crippen LogP contribution in [0.25, 0.3) is 10.9 Å². The number of aromatic nitrogens is 2. The van der Waals surface area contributed by atoms with Crippen molar-refractivity contribution in [2.24, 2.45) is 12.3 Å². The molecule has 2 saturated heterocycles. The molecule has 2 fully saturated rings. The molecule has 1 aromatic heterocycles. The van der Waals surface area contributed by atoms with Gasteiger partial charge in [0, 0.05) is 18.5 Å². The fraction of sp³-hybridized carbons (Fsp3) is 0.529. The van der Waals surface area contributed by atoms with Crippen LogP contribution >= 0.6 is 0 Å². The topological polar surface area (TPSA) is 79.6 Å². The third-order valence-electron chi connectivity index (χ3n) is 5.34. The van der Waals surface area contributed by atoms with Gasteiger partial charge in [-0.25, -0.2) is 0 Å². The molecule has 2 aliphatic heterocycles. The summed E-state index contributed by atoms with van der Waals surface area (Å²) in [6, 6.07) is 8.12. The molecule has 1 N–H and O–H groups in total. The van der Waals surface area contributed by atoms with E-state index in [1.54, 1.807) is 9.69 Å². The third-order valence-corrected chi connectivity index (χ3v) is 5.34. The van der Waals surface area contributed by atoms with E-state index in [1.807, 2.05) is 31.3 Å². The van der Waals surface area contributed by atoms with Gasteiger partial charge in [-0.05, 0) is 38.2 Å². The SMILES string of the molecule is Cn1nc(C(=O)NC2C[C@H]3CCC[C@@H](C2)N3N=O)c2ccccc21. The molecule has 7 heteroatoms. The Labute approximate surface area is 139 Å². The first-order valence-electron chi connectivity index (χ1n) is 8.51. The molecule has 0 spiro atoms. The van der Waals surface area contributed by atoms with Crippen LogP contribution in [0, 0.1) is 4.91 Å². The molecule has 1 amide bonds. The molecule has 1 unspecified atom stereocenters. The molecule has 3 heterocycles. The molecule has 1 aromatic carbocycles. The van der Waals surface area contributed by atoms with Gasteiger partial charge in [0.1, 0.15) is 0 Å². The fourth-order valence-electron chi connectivity index (χ4n) is 4.24. The molecular formula is C17H21N5O2. The molecular weight excluding hydrogens is 306 g/mol. The predicted octanol–water partition coefficient (Wildman–Crippen LogP) is 2.37. The summed E-state index contributed by atoms with van der Waals surface area (Å²) in [6.07, 6.45) is 4.63. The zero-order valence-electron chi connectivity index (χ0n) is 13.7. The second-order valence-electron chi connectivity index (χ2n) is 6.83. The molecule has 0 aliphatic carbocycles. The lowest BCUT2D eigenvalue weighted by Crippen LogP contribution is -2.54. The molecule has 2 aromatic rings. The van der Waals surface area contributed by atoms with E-state index >= 15 is 0 Å². The molecule has 4 rings (SSSR count). The number of aryl methyl sites for hydroxylation is 1. The van der Waals surface area contributed by atoms with Crippen molar-refractivity contribution in [3.05, 3.63) is 34.9 Å². The minimum absolute atomic E-state index is 0.0755. The number of nitroso groups, excluding NO2 is 1. The minimum Gasteiger partial charge on any atom is -0.348 e. The van der Waals surface area contributed by atoms with Crippen LogP contribution in [0.15, 0.2) is 29.6 Å². The lowest BCUT2D eigenvalue weighted by molar-refractivity contribution is 0.0248. The van der Waals surface area contributed by atoms with Gasteiger partial charge in [0.25, 0.3) is 5.91 Å². The van der Waals surface area contributed by atoms with Crippen LogP contribution in [0.3, 0.4) is 0 Å². The van der Waals surface area contributed by atoms with Crippen LogP contribution < -0.4 is 5.32 Å². The lowest BCUT2D eigenvalue weighted by atomic mass is 9.83. The predicted molar refractivity (Wildman–Crippen MR) is 90.3 cm³/mol. The van der Waals surface area contributed by atoms with Crippen LogP contribution in [0.5, 0.6) is 0 Å². The number of piperidine rings is 2. The van der Waals surface area contributed by atoms with Crippen molar-refractivity contribution in [2.45, 2.75) is 50.2 Å². The molecule has 7 nitrogen and oxygen atoms in total. The molecule has 0 saturated carbocycles. The van der Waals surface area contributed by atoms with Crippen LogP contribution in [-0.4, -0.2) is 38.8 Å². The smallest absolute Gasteiger partial charge is 0.272 e. The highest BCUT2D eigenvalue weighted by molar-refractivity contribution is 6.04. The number of nitrogens with zero attached hydrogens (tertiary/aromatic N) is 4. The summed E-state index contributed by atoms with van der Waals surface area (Å²) < 4.78 is 1.73. The quantitative estimate of drug-likeness (QED) is 0.878. The van der Waals surface area contributed by atoms with Crippen molar-refractivity contribution < 1.29 is 4.79 Å². The third kappa shape index (κ3) is 2.44. The number of hydrogen-bond donors (Lipinski definition) is 1. The maximum Gasteiger partial charge on any atom is 0.272 e.